The third kappa shape index (κ3) is 8.07. The van der Waals surface area contributed by atoms with Gasteiger partial charge in [0.05, 0.1) is 6.54 Å². The highest BCUT2D eigenvalue weighted by Crippen LogP contribution is 2.17. The quantitative estimate of drug-likeness (QED) is 0.365. The number of likely N-dealkylation sites (N-methyl/N-ethyl adjacent to an activating group) is 1. The van der Waals surface area contributed by atoms with Gasteiger partial charge in [-0.25, -0.2) is 0 Å². The molecular weight excluding hydrogens is 350 g/mol. The van der Waals surface area contributed by atoms with Gasteiger partial charge >= 0.3 is 0 Å². The van der Waals surface area contributed by atoms with Crippen LogP contribution in [0.15, 0.2) is 29.3 Å². The van der Waals surface area contributed by atoms with E-state index in [1.54, 1.807) is 0 Å². The molecule has 6 heteroatoms. The minimum Gasteiger partial charge on any atom is -0.489 e. The van der Waals surface area contributed by atoms with Crippen molar-refractivity contribution < 1.29 is 4.74 Å². The second-order valence-electron chi connectivity index (χ2n) is 7.56. The molecule has 6 nitrogen and oxygen atoms in total. The molecule has 158 valence electrons. The summed E-state index contributed by atoms with van der Waals surface area (Å²) in [6.07, 6.45) is 2.45. The van der Waals surface area contributed by atoms with Gasteiger partial charge < -0.3 is 25.2 Å². The van der Waals surface area contributed by atoms with E-state index < -0.39 is 0 Å². The predicted octanol–water partition coefficient (Wildman–Crippen LogP) is 2.35. The fourth-order valence-electron chi connectivity index (χ4n) is 3.40. The number of para-hydroxylation sites is 1. The smallest absolute Gasteiger partial charge is 0.191 e. The van der Waals surface area contributed by atoms with Crippen molar-refractivity contribution in [2.45, 2.75) is 39.7 Å². The van der Waals surface area contributed by atoms with Crippen LogP contribution in [-0.2, 0) is 0 Å². The minimum absolute atomic E-state index is 0.0708. The summed E-state index contributed by atoms with van der Waals surface area (Å²) in [5, 5.41) is 6.77. The summed E-state index contributed by atoms with van der Waals surface area (Å²) in [7, 11) is 1.81. The first-order chi connectivity index (χ1) is 13.6. The number of ether oxygens (including phenoxy) is 1. The number of aliphatic imine (C=N–C) groups is 1. The van der Waals surface area contributed by atoms with E-state index in [1.807, 2.05) is 25.2 Å². The maximum atomic E-state index is 6.01. The lowest BCUT2D eigenvalue weighted by molar-refractivity contribution is 0.136. The van der Waals surface area contributed by atoms with Crippen molar-refractivity contribution in [2.75, 3.05) is 59.4 Å². The Morgan fingerprint density at radius 2 is 1.82 bits per heavy atom. The number of unbranched alkanes of at least 4 members (excludes halogenated alkanes) is 1. The molecule has 1 unspecified atom stereocenters. The molecule has 2 N–H and O–H groups in total. The molecule has 0 aliphatic carbocycles. The Morgan fingerprint density at radius 3 is 2.50 bits per heavy atom. The fraction of sp³-hybridized carbons (Fsp3) is 0.682. The largest absolute Gasteiger partial charge is 0.489 e. The van der Waals surface area contributed by atoms with Crippen molar-refractivity contribution >= 4 is 5.96 Å². The van der Waals surface area contributed by atoms with E-state index in [1.165, 1.54) is 45.7 Å². The van der Waals surface area contributed by atoms with Gasteiger partial charge in [-0.1, -0.05) is 25.1 Å². The molecule has 0 spiro atoms. The third-order valence-electron chi connectivity index (χ3n) is 5.31. The zero-order valence-electron chi connectivity index (χ0n) is 18.2. The van der Waals surface area contributed by atoms with Gasteiger partial charge in [-0.15, -0.1) is 0 Å². The number of nitrogens with one attached hydrogen (secondary N) is 2. The van der Waals surface area contributed by atoms with Crippen molar-refractivity contribution in [1.29, 1.82) is 0 Å². The molecule has 1 heterocycles. The summed E-state index contributed by atoms with van der Waals surface area (Å²) in [4.78, 5) is 9.43. The van der Waals surface area contributed by atoms with Crippen molar-refractivity contribution in [1.82, 2.24) is 20.4 Å². The molecule has 0 saturated carbocycles. The minimum atomic E-state index is 0.0708. The topological polar surface area (TPSA) is 52.1 Å². The Balaban J connectivity index is 1.55. The zero-order valence-corrected chi connectivity index (χ0v) is 18.2. The summed E-state index contributed by atoms with van der Waals surface area (Å²) in [6.45, 7) is 15.3. The number of nitrogens with zero attached hydrogens (tertiary/aromatic N) is 3. The molecule has 2 rings (SSSR count). The molecule has 0 radical (unpaired) electrons. The number of hydrogen-bond donors (Lipinski definition) is 2. The molecule has 1 aliphatic heterocycles. The Labute approximate surface area is 171 Å². The summed E-state index contributed by atoms with van der Waals surface area (Å²) in [5.41, 5.74) is 1.16. The van der Waals surface area contributed by atoms with Gasteiger partial charge in [-0.2, -0.15) is 0 Å². The first kappa shape index (κ1) is 22.5. The van der Waals surface area contributed by atoms with Crippen molar-refractivity contribution in [3.05, 3.63) is 29.8 Å². The molecule has 0 bridgehead atoms. The lowest BCUT2D eigenvalue weighted by Gasteiger charge is -2.34. The molecule has 1 aromatic rings. The van der Waals surface area contributed by atoms with Gasteiger partial charge in [-0.3, -0.25) is 4.99 Å². The van der Waals surface area contributed by atoms with Gasteiger partial charge in [0.1, 0.15) is 11.9 Å². The van der Waals surface area contributed by atoms with Crippen LogP contribution < -0.4 is 15.4 Å². The van der Waals surface area contributed by atoms with E-state index in [2.05, 4.69) is 52.3 Å². The maximum absolute atomic E-state index is 6.01. The van der Waals surface area contributed by atoms with E-state index in [0.29, 0.717) is 0 Å². The summed E-state index contributed by atoms with van der Waals surface area (Å²) < 4.78 is 6.01. The van der Waals surface area contributed by atoms with Crippen LogP contribution in [0.3, 0.4) is 0 Å². The van der Waals surface area contributed by atoms with E-state index in [4.69, 9.17) is 4.74 Å². The molecule has 1 saturated heterocycles. The number of piperazine rings is 1. The normalized spacial score (nSPS) is 17.4. The standard InChI is InChI=1S/C22H39N5O/c1-5-26-14-16-27(17-15-26)13-9-8-12-24-22(23-4)25-18-20(3)28-21-11-7-6-10-19(21)2/h6-7,10-11,20H,5,8-9,12-18H2,1-4H3,(H2,23,24,25). The van der Waals surface area contributed by atoms with Crippen LogP contribution in [0.25, 0.3) is 0 Å². The highest BCUT2D eigenvalue weighted by atomic mass is 16.5. The van der Waals surface area contributed by atoms with Gasteiger partial charge in [0.2, 0.25) is 0 Å². The number of benzene rings is 1. The fourth-order valence-corrected chi connectivity index (χ4v) is 3.40. The van der Waals surface area contributed by atoms with Crippen LogP contribution in [0.2, 0.25) is 0 Å². The van der Waals surface area contributed by atoms with Crippen LogP contribution in [0.4, 0.5) is 0 Å². The van der Waals surface area contributed by atoms with Gasteiger partial charge in [0.15, 0.2) is 5.96 Å². The summed E-state index contributed by atoms with van der Waals surface area (Å²) in [6, 6.07) is 8.12. The average molecular weight is 390 g/mol. The molecule has 0 amide bonds. The van der Waals surface area contributed by atoms with Gasteiger partial charge in [0, 0.05) is 39.8 Å². The molecule has 28 heavy (non-hydrogen) atoms. The SMILES string of the molecule is CCN1CCN(CCCCNC(=NC)NCC(C)Oc2ccccc2C)CC1. The Kier molecular flexibility index (Phi) is 10.1. The number of aryl methyl sites for hydroxylation is 1. The molecule has 1 aliphatic rings. The molecule has 0 aromatic heterocycles. The number of hydrogen-bond acceptors (Lipinski definition) is 4. The average Bonchev–Trinajstić information content (AvgIpc) is 2.72. The van der Waals surface area contributed by atoms with E-state index in [-0.39, 0.29) is 6.10 Å². The molecular formula is C22H39N5O. The zero-order chi connectivity index (χ0) is 20.2. The highest BCUT2D eigenvalue weighted by molar-refractivity contribution is 5.79. The van der Waals surface area contributed by atoms with Crippen LogP contribution in [0.1, 0.15) is 32.3 Å². The van der Waals surface area contributed by atoms with Crippen LogP contribution >= 0.6 is 0 Å². The Hall–Kier alpha value is -1.79. The first-order valence-electron chi connectivity index (χ1n) is 10.7. The molecule has 1 atom stereocenters. The number of rotatable bonds is 10. The first-order valence-corrected chi connectivity index (χ1v) is 10.7. The summed E-state index contributed by atoms with van der Waals surface area (Å²) >= 11 is 0. The second-order valence-corrected chi connectivity index (χ2v) is 7.56. The Morgan fingerprint density at radius 1 is 1.11 bits per heavy atom. The Bertz CT molecular complexity index is 584. The van der Waals surface area contributed by atoms with Crippen LogP contribution in [0, 0.1) is 6.92 Å². The third-order valence-corrected chi connectivity index (χ3v) is 5.31. The van der Waals surface area contributed by atoms with Crippen molar-refractivity contribution in [3.8, 4) is 5.75 Å². The summed E-state index contributed by atoms with van der Waals surface area (Å²) in [5.74, 6) is 1.79. The molecule has 1 aromatic carbocycles. The van der Waals surface area contributed by atoms with Crippen LogP contribution in [-0.4, -0.2) is 81.3 Å². The van der Waals surface area contributed by atoms with Crippen molar-refractivity contribution in [2.24, 2.45) is 4.99 Å². The lowest BCUT2D eigenvalue weighted by atomic mass is 10.2. The highest BCUT2D eigenvalue weighted by Gasteiger charge is 2.14. The monoisotopic (exact) mass is 389 g/mol. The van der Waals surface area contributed by atoms with E-state index in [0.717, 1.165) is 36.8 Å². The lowest BCUT2D eigenvalue weighted by Crippen LogP contribution is -2.46. The van der Waals surface area contributed by atoms with Crippen molar-refractivity contribution in [3.63, 3.8) is 0 Å². The van der Waals surface area contributed by atoms with Gasteiger partial charge in [-0.05, 0) is 51.4 Å². The van der Waals surface area contributed by atoms with Gasteiger partial charge in [0.25, 0.3) is 0 Å². The van der Waals surface area contributed by atoms with E-state index in [9.17, 15) is 0 Å². The predicted molar refractivity (Wildman–Crippen MR) is 118 cm³/mol. The molecule has 1 fully saturated rings. The maximum Gasteiger partial charge on any atom is 0.191 e. The number of guanidine groups is 1. The van der Waals surface area contributed by atoms with Crippen LogP contribution in [0.5, 0.6) is 5.75 Å². The van der Waals surface area contributed by atoms with E-state index >= 15 is 0 Å². The second kappa shape index (κ2) is 12.6.